The van der Waals surface area contributed by atoms with Gasteiger partial charge in [-0.25, -0.2) is 9.78 Å². The van der Waals surface area contributed by atoms with Gasteiger partial charge in [0.1, 0.15) is 0 Å². The van der Waals surface area contributed by atoms with Crippen molar-refractivity contribution < 1.29 is 9.90 Å². The number of aromatic nitrogens is 3. The van der Waals surface area contributed by atoms with Crippen LogP contribution in [0, 0.1) is 0 Å². The number of nitrogens with zero attached hydrogens (tertiary/aromatic N) is 3. The largest absolute Gasteiger partial charge is 0.475 e. The van der Waals surface area contributed by atoms with Crippen LogP contribution in [-0.2, 0) is 0 Å². The molecule has 0 atom stereocenters. The molecule has 0 unspecified atom stereocenters. The van der Waals surface area contributed by atoms with Gasteiger partial charge in [0.25, 0.3) is 5.82 Å². The summed E-state index contributed by atoms with van der Waals surface area (Å²) in [5.74, 6) is -1.44. The maximum Gasteiger partial charge on any atom is 0.375 e. The van der Waals surface area contributed by atoms with E-state index in [2.05, 4.69) is 15.2 Å². The second-order valence-electron chi connectivity index (χ2n) is 1.27. The molecule has 0 bridgehead atoms. The smallest absolute Gasteiger partial charge is 0.375 e. The summed E-state index contributed by atoms with van der Waals surface area (Å²) in [7, 11) is 0. The number of carboxylic acids is 1. The standard InChI is InChI=1S/C4H3N3O2.Na/c8-4(9)3-5-1-2-6-7-3;/h1-2H,(H,8,9);. The van der Waals surface area contributed by atoms with Crippen molar-refractivity contribution >= 4 is 35.5 Å². The Morgan fingerprint density at radius 3 is 2.50 bits per heavy atom. The van der Waals surface area contributed by atoms with E-state index < -0.39 is 5.97 Å². The van der Waals surface area contributed by atoms with E-state index in [1.54, 1.807) is 0 Å². The molecule has 1 heterocycles. The van der Waals surface area contributed by atoms with Crippen LogP contribution >= 0.6 is 0 Å². The quantitative estimate of drug-likeness (QED) is 0.527. The third kappa shape index (κ3) is 2.38. The first-order valence-electron chi connectivity index (χ1n) is 2.17. The molecule has 0 saturated heterocycles. The summed E-state index contributed by atoms with van der Waals surface area (Å²) in [5.41, 5.74) is 0. The molecular formula is C4H3N3NaO2. The second-order valence-corrected chi connectivity index (χ2v) is 1.27. The van der Waals surface area contributed by atoms with Crippen molar-refractivity contribution in [1.29, 1.82) is 0 Å². The van der Waals surface area contributed by atoms with Crippen LogP contribution < -0.4 is 0 Å². The molecule has 6 heteroatoms. The average molecular weight is 148 g/mol. The molecule has 0 amide bonds. The molecule has 0 saturated carbocycles. The van der Waals surface area contributed by atoms with Gasteiger partial charge in [0.15, 0.2) is 0 Å². The molecule has 0 aliphatic carbocycles. The minimum Gasteiger partial charge on any atom is -0.475 e. The summed E-state index contributed by atoms with van der Waals surface area (Å²) in [4.78, 5) is 13.4. The number of hydrogen-bond donors (Lipinski definition) is 1. The SMILES string of the molecule is O=C(O)c1nccnn1.[Na]. The van der Waals surface area contributed by atoms with E-state index in [9.17, 15) is 4.79 Å². The maximum absolute atomic E-state index is 10.0. The monoisotopic (exact) mass is 148 g/mol. The van der Waals surface area contributed by atoms with Crippen molar-refractivity contribution in [3.8, 4) is 0 Å². The summed E-state index contributed by atoms with van der Waals surface area (Å²) >= 11 is 0. The van der Waals surface area contributed by atoms with Gasteiger partial charge >= 0.3 is 5.97 Å². The van der Waals surface area contributed by atoms with Gasteiger partial charge in [0.2, 0.25) is 0 Å². The number of carbonyl (C=O) groups is 1. The Morgan fingerprint density at radius 1 is 1.50 bits per heavy atom. The third-order valence-electron chi connectivity index (χ3n) is 0.674. The van der Waals surface area contributed by atoms with Crippen molar-refractivity contribution in [2.45, 2.75) is 0 Å². The van der Waals surface area contributed by atoms with Gasteiger partial charge in [-0.3, -0.25) is 0 Å². The number of hydrogen-bond acceptors (Lipinski definition) is 4. The van der Waals surface area contributed by atoms with Crippen molar-refractivity contribution in [2.24, 2.45) is 0 Å². The molecule has 1 aromatic heterocycles. The number of carboxylic acid groups (broad SMARTS) is 1. The first-order chi connectivity index (χ1) is 4.30. The molecule has 0 spiro atoms. The first kappa shape index (κ1) is 9.48. The summed E-state index contributed by atoms with van der Waals surface area (Å²) in [6.45, 7) is 0. The molecule has 47 valence electrons. The normalized spacial score (nSPS) is 8.00. The molecule has 1 N–H and O–H groups in total. The van der Waals surface area contributed by atoms with Crippen molar-refractivity contribution in [1.82, 2.24) is 15.2 Å². The van der Waals surface area contributed by atoms with Crippen molar-refractivity contribution in [3.63, 3.8) is 0 Å². The zero-order chi connectivity index (χ0) is 6.69. The fourth-order valence-electron chi connectivity index (χ4n) is 0.346. The van der Waals surface area contributed by atoms with Crippen molar-refractivity contribution in [2.75, 3.05) is 0 Å². The van der Waals surface area contributed by atoms with E-state index in [0.717, 1.165) is 0 Å². The molecular weight excluding hydrogens is 145 g/mol. The maximum atomic E-state index is 10.0. The Hall–Kier alpha value is -0.520. The molecule has 1 rings (SSSR count). The summed E-state index contributed by atoms with van der Waals surface area (Å²) < 4.78 is 0. The van der Waals surface area contributed by atoms with E-state index >= 15 is 0 Å². The zero-order valence-electron chi connectivity index (χ0n) is 5.35. The van der Waals surface area contributed by atoms with Crippen LogP contribution in [0.15, 0.2) is 12.4 Å². The van der Waals surface area contributed by atoms with E-state index in [1.165, 1.54) is 12.4 Å². The molecule has 10 heavy (non-hydrogen) atoms. The zero-order valence-corrected chi connectivity index (χ0v) is 7.35. The summed E-state index contributed by atoms with van der Waals surface area (Å²) in [5, 5.41) is 14.8. The minimum atomic E-state index is -1.16. The van der Waals surface area contributed by atoms with E-state index in [-0.39, 0.29) is 35.4 Å². The van der Waals surface area contributed by atoms with Crippen LogP contribution in [-0.4, -0.2) is 55.8 Å². The van der Waals surface area contributed by atoms with E-state index in [4.69, 9.17) is 5.11 Å². The minimum absolute atomic E-state index is 0. The Labute approximate surface area is 78.8 Å². The molecule has 5 nitrogen and oxygen atoms in total. The number of rotatable bonds is 1. The average Bonchev–Trinajstić information content (AvgIpc) is 1.90. The molecule has 1 radical (unpaired) electrons. The van der Waals surface area contributed by atoms with E-state index in [1.807, 2.05) is 0 Å². The Bertz CT molecular complexity index is 215. The van der Waals surface area contributed by atoms with Gasteiger partial charge in [-0.15, -0.1) is 5.10 Å². The molecule has 0 aliphatic rings. The van der Waals surface area contributed by atoms with Crippen molar-refractivity contribution in [3.05, 3.63) is 18.2 Å². The fourth-order valence-corrected chi connectivity index (χ4v) is 0.346. The molecule has 0 aromatic carbocycles. The van der Waals surface area contributed by atoms with Gasteiger partial charge < -0.3 is 5.11 Å². The van der Waals surface area contributed by atoms with Crippen LogP contribution in [0.2, 0.25) is 0 Å². The molecule has 0 aliphatic heterocycles. The first-order valence-corrected chi connectivity index (χ1v) is 2.17. The second kappa shape index (κ2) is 4.32. The molecule has 0 fully saturated rings. The number of aromatic carboxylic acids is 1. The van der Waals surface area contributed by atoms with Gasteiger partial charge in [0.05, 0.1) is 6.20 Å². The Balaban J connectivity index is 0.000000810. The van der Waals surface area contributed by atoms with Crippen LogP contribution in [0.5, 0.6) is 0 Å². The summed E-state index contributed by atoms with van der Waals surface area (Å²) in [6.07, 6.45) is 2.59. The van der Waals surface area contributed by atoms with Gasteiger partial charge in [-0.1, -0.05) is 0 Å². The Kier molecular flexibility index (Phi) is 4.10. The van der Waals surface area contributed by atoms with Crippen LogP contribution in [0.1, 0.15) is 10.6 Å². The van der Waals surface area contributed by atoms with Crippen LogP contribution in [0.3, 0.4) is 0 Å². The Morgan fingerprint density at radius 2 is 2.20 bits per heavy atom. The van der Waals surface area contributed by atoms with E-state index in [0.29, 0.717) is 0 Å². The third-order valence-corrected chi connectivity index (χ3v) is 0.674. The van der Waals surface area contributed by atoms with Crippen LogP contribution in [0.4, 0.5) is 0 Å². The molecule has 1 aromatic rings. The summed E-state index contributed by atoms with van der Waals surface area (Å²) in [6, 6.07) is 0. The predicted octanol–water partition coefficient (Wildman–Crippen LogP) is -0.811. The fraction of sp³-hybridized carbons (Fsp3) is 0. The van der Waals surface area contributed by atoms with Gasteiger partial charge in [0, 0.05) is 35.8 Å². The predicted molar refractivity (Wildman–Crippen MR) is 32.5 cm³/mol. The van der Waals surface area contributed by atoms with Gasteiger partial charge in [-0.05, 0) is 0 Å². The van der Waals surface area contributed by atoms with Gasteiger partial charge in [-0.2, -0.15) is 5.10 Å². The van der Waals surface area contributed by atoms with Crippen LogP contribution in [0.25, 0.3) is 0 Å². The topological polar surface area (TPSA) is 76.0 Å².